The number of ether oxygens (including phenoxy) is 1. The molecule has 0 aliphatic carbocycles. The van der Waals surface area contributed by atoms with Gasteiger partial charge in [0.25, 0.3) is 0 Å². The minimum atomic E-state index is 0.148. The Morgan fingerprint density at radius 2 is 1.83 bits per heavy atom. The van der Waals surface area contributed by atoms with Crippen LogP contribution in [-0.2, 0) is 17.8 Å². The van der Waals surface area contributed by atoms with Crippen molar-refractivity contribution in [3.05, 3.63) is 57.6 Å². The van der Waals surface area contributed by atoms with Gasteiger partial charge in [-0.15, -0.1) is 0 Å². The Labute approximate surface area is 180 Å². The number of halogens is 2. The molecule has 1 saturated heterocycles. The van der Waals surface area contributed by atoms with E-state index in [2.05, 4.69) is 16.9 Å². The van der Waals surface area contributed by atoms with E-state index in [0.29, 0.717) is 35.2 Å². The van der Waals surface area contributed by atoms with Crippen molar-refractivity contribution in [1.82, 2.24) is 9.80 Å². The van der Waals surface area contributed by atoms with Gasteiger partial charge in [0, 0.05) is 43.3 Å². The molecule has 152 valence electrons. The number of nitrogens with zero attached hydrogens (tertiary/aromatic N) is 3. The van der Waals surface area contributed by atoms with Gasteiger partial charge in [-0.1, -0.05) is 35.3 Å². The summed E-state index contributed by atoms with van der Waals surface area (Å²) >= 11 is 12.3. The fourth-order valence-corrected chi connectivity index (χ4v) is 3.90. The SMILES string of the molecule is CN1CCN(C(=O)CC2=Nc3cc(Cl)c(OCc4ccc(Cl)cc4)cc3C2)CC1. The second-order valence-corrected chi connectivity index (χ2v) is 8.39. The lowest BCUT2D eigenvalue weighted by atomic mass is 10.1. The highest BCUT2D eigenvalue weighted by Gasteiger charge is 2.24. The molecule has 7 heteroatoms. The lowest BCUT2D eigenvalue weighted by Crippen LogP contribution is -2.47. The quantitative estimate of drug-likeness (QED) is 0.705. The Morgan fingerprint density at radius 3 is 2.55 bits per heavy atom. The highest BCUT2D eigenvalue weighted by atomic mass is 35.5. The fourth-order valence-electron chi connectivity index (χ4n) is 3.56. The number of piperazine rings is 1. The van der Waals surface area contributed by atoms with Crippen molar-refractivity contribution in [2.45, 2.75) is 19.4 Å². The molecule has 2 aromatic carbocycles. The van der Waals surface area contributed by atoms with Crippen LogP contribution >= 0.6 is 23.2 Å². The van der Waals surface area contributed by atoms with Crippen molar-refractivity contribution in [1.29, 1.82) is 0 Å². The summed E-state index contributed by atoms with van der Waals surface area (Å²) in [6.07, 6.45) is 1.01. The predicted octanol–water partition coefficient (Wildman–Crippen LogP) is 4.37. The molecular formula is C22H23Cl2N3O2. The molecule has 0 spiro atoms. The number of carbonyl (C=O) groups is 1. The second kappa shape index (κ2) is 8.74. The van der Waals surface area contributed by atoms with Crippen molar-refractivity contribution in [3.8, 4) is 5.75 Å². The van der Waals surface area contributed by atoms with E-state index < -0.39 is 0 Å². The third-order valence-electron chi connectivity index (χ3n) is 5.33. The standard InChI is InChI=1S/C22H23Cl2N3O2/c1-26-6-8-27(9-7-26)22(28)12-18-10-16-11-21(19(24)13-20(16)25-18)29-14-15-2-4-17(23)5-3-15/h2-5,11,13H,6-10,12,14H2,1H3. The number of hydrogen-bond acceptors (Lipinski definition) is 4. The molecule has 2 heterocycles. The van der Waals surface area contributed by atoms with Crippen LogP contribution in [0.3, 0.4) is 0 Å². The number of aliphatic imine (C=N–C) groups is 1. The summed E-state index contributed by atoms with van der Waals surface area (Å²) in [7, 11) is 2.08. The van der Waals surface area contributed by atoms with Crippen molar-refractivity contribution in [2.24, 2.45) is 4.99 Å². The molecule has 1 fully saturated rings. The molecule has 0 unspecified atom stereocenters. The average molecular weight is 432 g/mol. The first-order valence-electron chi connectivity index (χ1n) is 9.70. The fraction of sp³-hybridized carbons (Fsp3) is 0.364. The number of carbonyl (C=O) groups excluding carboxylic acids is 1. The third-order valence-corrected chi connectivity index (χ3v) is 5.87. The van der Waals surface area contributed by atoms with Gasteiger partial charge in [-0.05, 0) is 42.4 Å². The average Bonchev–Trinajstić information content (AvgIpc) is 3.08. The molecule has 5 nitrogen and oxygen atoms in total. The summed E-state index contributed by atoms with van der Waals surface area (Å²) in [6.45, 7) is 3.81. The summed E-state index contributed by atoms with van der Waals surface area (Å²) < 4.78 is 5.90. The van der Waals surface area contributed by atoms with Crippen LogP contribution < -0.4 is 4.74 Å². The van der Waals surface area contributed by atoms with Gasteiger partial charge >= 0.3 is 0 Å². The molecule has 0 aromatic heterocycles. The van der Waals surface area contributed by atoms with Crippen LogP contribution in [0.25, 0.3) is 0 Å². The second-order valence-electron chi connectivity index (χ2n) is 7.54. The Hall–Kier alpha value is -2.08. The predicted molar refractivity (Wildman–Crippen MR) is 117 cm³/mol. The smallest absolute Gasteiger partial charge is 0.228 e. The van der Waals surface area contributed by atoms with Gasteiger partial charge < -0.3 is 14.5 Å². The van der Waals surface area contributed by atoms with E-state index in [0.717, 1.165) is 48.7 Å². The van der Waals surface area contributed by atoms with Gasteiger partial charge in [0.15, 0.2) is 0 Å². The van der Waals surface area contributed by atoms with Crippen LogP contribution in [-0.4, -0.2) is 54.6 Å². The highest BCUT2D eigenvalue weighted by Crippen LogP contribution is 2.37. The zero-order chi connectivity index (χ0) is 20.4. The zero-order valence-corrected chi connectivity index (χ0v) is 17.8. The van der Waals surface area contributed by atoms with Crippen LogP contribution in [0, 0.1) is 0 Å². The minimum absolute atomic E-state index is 0.148. The van der Waals surface area contributed by atoms with Gasteiger partial charge in [-0.25, -0.2) is 0 Å². The Bertz CT molecular complexity index is 936. The zero-order valence-electron chi connectivity index (χ0n) is 16.3. The highest BCUT2D eigenvalue weighted by molar-refractivity contribution is 6.32. The third kappa shape index (κ3) is 4.92. The summed E-state index contributed by atoms with van der Waals surface area (Å²) in [5.74, 6) is 0.775. The number of rotatable bonds is 5. The minimum Gasteiger partial charge on any atom is -0.487 e. The van der Waals surface area contributed by atoms with E-state index in [-0.39, 0.29) is 5.91 Å². The number of hydrogen-bond donors (Lipinski definition) is 0. The first-order chi connectivity index (χ1) is 14.0. The van der Waals surface area contributed by atoms with Gasteiger partial charge in [-0.2, -0.15) is 0 Å². The van der Waals surface area contributed by atoms with Gasteiger partial charge in [-0.3, -0.25) is 9.79 Å². The van der Waals surface area contributed by atoms with Crippen LogP contribution in [0.2, 0.25) is 10.0 Å². The maximum atomic E-state index is 12.6. The number of fused-ring (bicyclic) bond motifs is 1. The van der Waals surface area contributed by atoms with E-state index in [1.54, 1.807) is 0 Å². The lowest BCUT2D eigenvalue weighted by Gasteiger charge is -2.32. The van der Waals surface area contributed by atoms with Crippen molar-refractivity contribution < 1.29 is 9.53 Å². The van der Waals surface area contributed by atoms with Gasteiger partial charge in [0.2, 0.25) is 5.91 Å². The van der Waals surface area contributed by atoms with Gasteiger partial charge in [0.1, 0.15) is 12.4 Å². The summed E-state index contributed by atoms with van der Waals surface area (Å²) in [5.41, 5.74) is 3.77. The molecule has 0 atom stereocenters. The van der Waals surface area contributed by atoms with Crippen molar-refractivity contribution in [3.63, 3.8) is 0 Å². The molecule has 0 radical (unpaired) electrons. The Kier molecular flexibility index (Phi) is 6.09. The van der Waals surface area contributed by atoms with E-state index >= 15 is 0 Å². The summed E-state index contributed by atoms with van der Waals surface area (Å²) in [4.78, 5) is 21.4. The molecule has 29 heavy (non-hydrogen) atoms. The van der Waals surface area contributed by atoms with E-state index in [9.17, 15) is 4.79 Å². The van der Waals surface area contributed by atoms with Crippen molar-refractivity contribution in [2.75, 3.05) is 33.2 Å². The maximum absolute atomic E-state index is 12.6. The summed E-state index contributed by atoms with van der Waals surface area (Å²) in [5, 5.41) is 1.22. The Morgan fingerprint density at radius 1 is 1.10 bits per heavy atom. The van der Waals surface area contributed by atoms with E-state index in [4.69, 9.17) is 27.9 Å². The number of amides is 1. The molecular weight excluding hydrogens is 409 g/mol. The maximum Gasteiger partial charge on any atom is 0.228 e. The topological polar surface area (TPSA) is 45.1 Å². The number of likely N-dealkylation sites (N-methyl/N-ethyl adjacent to an activating group) is 1. The van der Waals surface area contributed by atoms with E-state index in [1.807, 2.05) is 41.3 Å². The normalized spacial score (nSPS) is 16.5. The summed E-state index contributed by atoms with van der Waals surface area (Å²) in [6, 6.07) is 11.3. The molecule has 2 aliphatic rings. The molecule has 4 rings (SSSR count). The molecule has 1 amide bonds. The Balaban J connectivity index is 1.37. The monoisotopic (exact) mass is 431 g/mol. The molecule has 0 bridgehead atoms. The van der Waals surface area contributed by atoms with Crippen molar-refractivity contribution >= 4 is 40.5 Å². The van der Waals surface area contributed by atoms with Gasteiger partial charge in [0.05, 0.1) is 17.1 Å². The van der Waals surface area contributed by atoms with Crippen LogP contribution in [0.4, 0.5) is 5.69 Å². The van der Waals surface area contributed by atoms with Crippen LogP contribution in [0.5, 0.6) is 5.75 Å². The molecule has 2 aliphatic heterocycles. The molecule has 0 N–H and O–H groups in total. The molecule has 0 saturated carbocycles. The largest absolute Gasteiger partial charge is 0.487 e. The first-order valence-corrected chi connectivity index (χ1v) is 10.5. The van der Waals surface area contributed by atoms with Crippen LogP contribution in [0.1, 0.15) is 17.5 Å². The number of benzene rings is 2. The van der Waals surface area contributed by atoms with E-state index in [1.165, 1.54) is 0 Å². The first kappa shape index (κ1) is 20.2. The lowest BCUT2D eigenvalue weighted by molar-refractivity contribution is -0.131. The molecule has 2 aromatic rings. The van der Waals surface area contributed by atoms with Crippen LogP contribution in [0.15, 0.2) is 41.4 Å².